The largest absolute Gasteiger partial charge is 0.497 e. The lowest BCUT2D eigenvalue weighted by molar-refractivity contribution is 0.114. The van der Waals surface area contributed by atoms with Crippen LogP contribution in [-0.4, -0.2) is 24.8 Å². The Balaban J connectivity index is 1.58. The lowest BCUT2D eigenvalue weighted by Crippen LogP contribution is -2.22. The number of nitrogens with zero attached hydrogens (tertiary/aromatic N) is 2. The van der Waals surface area contributed by atoms with Gasteiger partial charge in [-0.25, -0.2) is 0 Å². The van der Waals surface area contributed by atoms with Crippen molar-refractivity contribution in [3.8, 4) is 11.4 Å². The predicted molar refractivity (Wildman–Crippen MR) is 99.5 cm³/mol. The second-order valence-corrected chi connectivity index (χ2v) is 6.30. The number of aryl methyl sites for hydroxylation is 1. The van der Waals surface area contributed by atoms with E-state index in [1.54, 1.807) is 7.11 Å². The summed E-state index contributed by atoms with van der Waals surface area (Å²) in [5.41, 5.74) is 4.73. The summed E-state index contributed by atoms with van der Waals surface area (Å²) in [6, 6.07) is 18.8. The van der Waals surface area contributed by atoms with Gasteiger partial charge >= 0.3 is 0 Å². The fourth-order valence-electron chi connectivity index (χ4n) is 3.22. The average molecular weight is 334 g/mol. The molecule has 3 aromatic rings. The second-order valence-electron chi connectivity index (χ2n) is 6.30. The van der Waals surface area contributed by atoms with E-state index in [9.17, 15) is 0 Å². The van der Waals surface area contributed by atoms with Gasteiger partial charge in [-0.15, -0.1) is 0 Å². The van der Waals surface area contributed by atoms with Gasteiger partial charge in [-0.05, 0) is 49.4 Å². The van der Waals surface area contributed by atoms with Crippen LogP contribution in [0.4, 0.5) is 5.69 Å². The Labute approximate surface area is 148 Å². The Kier molecular flexibility index (Phi) is 4.20. The summed E-state index contributed by atoms with van der Waals surface area (Å²) >= 11 is 0. The monoisotopic (exact) mass is 334 g/mol. The minimum absolute atomic E-state index is 0.0396. The van der Waals surface area contributed by atoms with Crippen molar-refractivity contribution in [1.82, 2.24) is 4.57 Å². The molecule has 1 aliphatic heterocycles. The van der Waals surface area contributed by atoms with Crippen molar-refractivity contribution in [2.24, 2.45) is 0 Å². The van der Waals surface area contributed by atoms with Crippen molar-refractivity contribution >= 4 is 5.69 Å². The van der Waals surface area contributed by atoms with Gasteiger partial charge < -0.3 is 18.9 Å². The van der Waals surface area contributed by atoms with Gasteiger partial charge in [-0.1, -0.05) is 17.7 Å². The number of benzene rings is 2. The first-order valence-electron chi connectivity index (χ1n) is 8.52. The van der Waals surface area contributed by atoms with Gasteiger partial charge in [0.2, 0.25) is 0 Å². The van der Waals surface area contributed by atoms with Gasteiger partial charge in [0, 0.05) is 35.9 Å². The normalized spacial score (nSPS) is 17.0. The number of methoxy groups -OCH3 is 1. The molecule has 25 heavy (non-hydrogen) atoms. The minimum atomic E-state index is -0.0396. The van der Waals surface area contributed by atoms with Gasteiger partial charge in [-0.2, -0.15) is 0 Å². The zero-order valence-electron chi connectivity index (χ0n) is 14.6. The third-order valence-corrected chi connectivity index (χ3v) is 4.63. The topological polar surface area (TPSA) is 26.6 Å². The minimum Gasteiger partial charge on any atom is -0.497 e. The molecular formula is C21H22N2O2. The molecule has 128 valence electrons. The Morgan fingerprint density at radius 1 is 0.960 bits per heavy atom. The number of rotatable bonds is 4. The van der Waals surface area contributed by atoms with Gasteiger partial charge in [0.1, 0.15) is 5.75 Å². The van der Waals surface area contributed by atoms with Crippen LogP contribution in [0.15, 0.2) is 67.0 Å². The summed E-state index contributed by atoms with van der Waals surface area (Å²) in [5.74, 6) is 0.862. The highest BCUT2D eigenvalue weighted by Crippen LogP contribution is 2.32. The van der Waals surface area contributed by atoms with E-state index in [0.29, 0.717) is 0 Å². The lowest BCUT2D eigenvalue weighted by Gasteiger charge is -2.24. The molecule has 1 atom stereocenters. The molecule has 0 aliphatic carbocycles. The highest BCUT2D eigenvalue weighted by molar-refractivity contribution is 5.50. The number of hydrogen-bond acceptors (Lipinski definition) is 3. The van der Waals surface area contributed by atoms with E-state index < -0.39 is 0 Å². The van der Waals surface area contributed by atoms with Gasteiger partial charge in [0.05, 0.1) is 13.7 Å². The molecule has 0 spiro atoms. The molecular weight excluding hydrogens is 312 g/mol. The first-order valence-corrected chi connectivity index (χ1v) is 8.52. The van der Waals surface area contributed by atoms with Crippen LogP contribution < -0.4 is 9.64 Å². The van der Waals surface area contributed by atoms with Crippen LogP contribution in [0.2, 0.25) is 0 Å². The quantitative estimate of drug-likeness (QED) is 0.710. The zero-order valence-corrected chi connectivity index (χ0v) is 14.6. The summed E-state index contributed by atoms with van der Waals surface area (Å²) in [6.45, 7) is 3.75. The van der Waals surface area contributed by atoms with E-state index in [0.717, 1.165) is 30.2 Å². The molecule has 1 aliphatic rings. The van der Waals surface area contributed by atoms with E-state index in [2.05, 4.69) is 71.2 Å². The number of aromatic nitrogens is 1. The Morgan fingerprint density at radius 2 is 1.68 bits per heavy atom. The van der Waals surface area contributed by atoms with Gasteiger partial charge in [0.15, 0.2) is 6.23 Å². The summed E-state index contributed by atoms with van der Waals surface area (Å²) < 4.78 is 13.4. The smallest absolute Gasteiger partial charge is 0.158 e. The number of hydrogen-bond donors (Lipinski definition) is 0. The number of ether oxygens (including phenoxy) is 2. The highest BCUT2D eigenvalue weighted by atomic mass is 16.5. The van der Waals surface area contributed by atoms with E-state index in [-0.39, 0.29) is 6.23 Å². The summed E-state index contributed by atoms with van der Waals surface area (Å²) in [5, 5.41) is 0. The Hall–Kier alpha value is -2.72. The van der Waals surface area contributed by atoms with E-state index in [1.165, 1.54) is 11.3 Å². The average Bonchev–Trinajstić information content (AvgIpc) is 3.31. The van der Waals surface area contributed by atoms with Crippen molar-refractivity contribution in [3.05, 3.63) is 78.1 Å². The standard InChI is InChI=1S/C21H22N2O2/c1-16-3-5-19(6-4-16)23-13-14-25-21(23)17-11-12-22(15-17)18-7-9-20(24-2)10-8-18/h3-12,15,21H,13-14H2,1-2H3/t21-/m1/s1. The van der Waals surface area contributed by atoms with Crippen LogP contribution in [0, 0.1) is 6.92 Å². The summed E-state index contributed by atoms with van der Waals surface area (Å²) in [4.78, 5) is 2.31. The molecule has 0 amide bonds. The Morgan fingerprint density at radius 3 is 2.40 bits per heavy atom. The first kappa shape index (κ1) is 15.8. The number of anilines is 1. The molecule has 4 rings (SSSR count). The van der Waals surface area contributed by atoms with Crippen molar-refractivity contribution in [3.63, 3.8) is 0 Å². The van der Waals surface area contributed by atoms with Crippen molar-refractivity contribution in [2.45, 2.75) is 13.2 Å². The van der Waals surface area contributed by atoms with Crippen molar-refractivity contribution in [1.29, 1.82) is 0 Å². The van der Waals surface area contributed by atoms with E-state index >= 15 is 0 Å². The van der Waals surface area contributed by atoms with Crippen LogP contribution in [0.3, 0.4) is 0 Å². The summed E-state index contributed by atoms with van der Waals surface area (Å²) in [6.07, 6.45) is 4.17. The van der Waals surface area contributed by atoms with Crippen LogP contribution in [-0.2, 0) is 4.74 Å². The highest BCUT2D eigenvalue weighted by Gasteiger charge is 2.27. The molecule has 4 heteroatoms. The molecule has 1 saturated heterocycles. The molecule has 0 radical (unpaired) electrons. The molecule has 4 nitrogen and oxygen atoms in total. The van der Waals surface area contributed by atoms with Crippen LogP contribution >= 0.6 is 0 Å². The van der Waals surface area contributed by atoms with Crippen LogP contribution in [0.5, 0.6) is 5.75 Å². The van der Waals surface area contributed by atoms with Gasteiger partial charge in [0.25, 0.3) is 0 Å². The molecule has 0 saturated carbocycles. The molecule has 1 aromatic heterocycles. The lowest BCUT2D eigenvalue weighted by atomic mass is 10.2. The Bertz CT molecular complexity index is 837. The van der Waals surface area contributed by atoms with Crippen molar-refractivity contribution in [2.75, 3.05) is 25.2 Å². The fraction of sp³-hybridized carbons (Fsp3) is 0.238. The maximum absolute atomic E-state index is 6.01. The van der Waals surface area contributed by atoms with E-state index in [4.69, 9.17) is 9.47 Å². The zero-order chi connectivity index (χ0) is 17.2. The van der Waals surface area contributed by atoms with E-state index in [1.807, 2.05) is 12.1 Å². The third-order valence-electron chi connectivity index (χ3n) is 4.63. The molecule has 2 aromatic carbocycles. The molecule has 0 N–H and O–H groups in total. The molecule has 2 heterocycles. The molecule has 0 unspecified atom stereocenters. The predicted octanol–water partition coefficient (Wildman–Crippen LogP) is 4.33. The fourth-order valence-corrected chi connectivity index (χ4v) is 3.22. The third kappa shape index (κ3) is 3.13. The van der Waals surface area contributed by atoms with Crippen molar-refractivity contribution < 1.29 is 9.47 Å². The summed E-state index contributed by atoms with van der Waals surface area (Å²) in [7, 11) is 1.68. The van der Waals surface area contributed by atoms with Gasteiger partial charge in [-0.3, -0.25) is 0 Å². The maximum atomic E-state index is 6.01. The maximum Gasteiger partial charge on any atom is 0.158 e. The first-order chi connectivity index (χ1) is 12.2. The molecule has 1 fully saturated rings. The van der Waals surface area contributed by atoms with Crippen LogP contribution in [0.25, 0.3) is 5.69 Å². The molecule has 0 bridgehead atoms. The van der Waals surface area contributed by atoms with Crippen LogP contribution in [0.1, 0.15) is 17.4 Å². The SMILES string of the molecule is COc1ccc(-n2ccc([C@H]3OCCN3c3ccc(C)cc3)c2)cc1. The second kappa shape index (κ2) is 6.65.